The van der Waals surface area contributed by atoms with Crippen LogP contribution in [0.15, 0.2) is 0 Å². The Morgan fingerprint density at radius 1 is 1.30 bits per heavy atom. The summed E-state index contributed by atoms with van der Waals surface area (Å²) < 4.78 is 0. The minimum absolute atomic E-state index is 0.204. The van der Waals surface area contributed by atoms with Crippen molar-refractivity contribution in [1.82, 2.24) is 15.5 Å². The predicted octanol–water partition coefficient (Wildman–Crippen LogP) is 1.76. The van der Waals surface area contributed by atoms with Gasteiger partial charge in [-0.15, -0.1) is 0 Å². The zero-order chi connectivity index (χ0) is 14.4. The largest absolute Gasteiger partial charge is 0.355 e. The third-order valence-corrected chi connectivity index (χ3v) is 4.62. The van der Waals surface area contributed by atoms with Crippen LogP contribution in [0.25, 0.3) is 0 Å². The molecule has 116 valence electrons. The van der Waals surface area contributed by atoms with Crippen LogP contribution in [0.3, 0.4) is 0 Å². The van der Waals surface area contributed by atoms with Gasteiger partial charge in [0.25, 0.3) is 0 Å². The molecule has 0 radical (unpaired) electrons. The van der Waals surface area contributed by atoms with Crippen LogP contribution in [0.1, 0.15) is 52.4 Å². The normalized spacial score (nSPS) is 27.9. The van der Waals surface area contributed by atoms with E-state index in [2.05, 4.69) is 29.4 Å². The van der Waals surface area contributed by atoms with Crippen LogP contribution < -0.4 is 10.6 Å². The van der Waals surface area contributed by atoms with Gasteiger partial charge in [-0.3, -0.25) is 9.69 Å². The van der Waals surface area contributed by atoms with Gasteiger partial charge >= 0.3 is 0 Å². The summed E-state index contributed by atoms with van der Waals surface area (Å²) in [5.74, 6) is 0.858. The van der Waals surface area contributed by atoms with E-state index in [4.69, 9.17) is 0 Å². The predicted molar refractivity (Wildman–Crippen MR) is 82.7 cm³/mol. The highest BCUT2D eigenvalue weighted by atomic mass is 16.2. The molecule has 2 unspecified atom stereocenters. The van der Waals surface area contributed by atoms with E-state index < -0.39 is 0 Å². The molecule has 2 aliphatic heterocycles. The molecule has 0 saturated carbocycles. The van der Waals surface area contributed by atoms with Crippen LogP contribution in [-0.2, 0) is 4.79 Å². The lowest BCUT2D eigenvalue weighted by molar-refractivity contribution is -0.123. The van der Waals surface area contributed by atoms with E-state index in [0.29, 0.717) is 24.5 Å². The molecule has 0 aliphatic carbocycles. The van der Waals surface area contributed by atoms with E-state index in [1.165, 1.54) is 32.1 Å². The highest BCUT2D eigenvalue weighted by molar-refractivity contribution is 5.78. The number of likely N-dealkylation sites (tertiary alicyclic amines) is 1. The average Bonchev–Trinajstić information content (AvgIpc) is 2.92. The van der Waals surface area contributed by atoms with Crippen LogP contribution >= 0.6 is 0 Å². The summed E-state index contributed by atoms with van der Waals surface area (Å²) in [5, 5.41) is 6.69. The second-order valence-electron chi connectivity index (χ2n) is 6.77. The summed E-state index contributed by atoms with van der Waals surface area (Å²) in [6.45, 7) is 8.02. The summed E-state index contributed by atoms with van der Waals surface area (Å²) in [6, 6.07) is 1.18. The number of hydrogen-bond donors (Lipinski definition) is 2. The molecular formula is C16H31N3O. The number of hydrogen-bond acceptors (Lipinski definition) is 3. The lowest BCUT2D eigenvalue weighted by Crippen LogP contribution is -2.53. The van der Waals surface area contributed by atoms with Crippen LogP contribution in [-0.4, -0.2) is 49.1 Å². The molecule has 2 heterocycles. The Labute approximate surface area is 123 Å². The van der Waals surface area contributed by atoms with E-state index in [-0.39, 0.29) is 5.91 Å². The Bertz CT molecular complexity index is 300. The number of nitrogens with one attached hydrogen (secondary N) is 2. The van der Waals surface area contributed by atoms with Crippen molar-refractivity contribution in [3.05, 3.63) is 0 Å². The first-order chi connectivity index (χ1) is 9.66. The fourth-order valence-electron chi connectivity index (χ4n) is 3.45. The molecule has 0 aromatic carbocycles. The minimum Gasteiger partial charge on any atom is -0.355 e. The average molecular weight is 281 g/mol. The Morgan fingerprint density at radius 2 is 2.15 bits per heavy atom. The van der Waals surface area contributed by atoms with Crippen molar-refractivity contribution < 1.29 is 4.79 Å². The van der Waals surface area contributed by atoms with Crippen molar-refractivity contribution in [2.24, 2.45) is 5.92 Å². The number of rotatable bonds is 6. The molecule has 0 aromatic rings. The molecule has 2 rings (SSSR count). The topological polar surface area (TPSA) is 44.4 Å². The highest BCUT2D eigenvalue weighted by Gasteiger charge is 2.32. The zero-order valence-electron chi connectivity index (χ0n) is 13.2. The summed E-state index contributed by atoms with van der Waals surface area (Å²) in [5.41, 5.74) is 0. The fraction of sp³-hybridized carbons (Fsp3) is 0.938. The SMILES string of the molecule is CC(C)CCNC(=O)CN1CCCCC1C1CCCN1. The zero-order valence-corrected chi connectivity index (χ0v) is 13.2. The number of nitrogens with zero attached hydrogens (tertiary/aromatic N) is 1. The van der Waals surface area contributed by atoms with Crippen LogP contribution in [0, 0.1) is 5.92 Å². The van der Waals surface area contributed by atoms with Gasteiger partial charge in [-0.1, -0.05) is 20.3 Å². The first-order valence-corrected chi connectivity index (χ1v) is 8.41. The third-order valence-electron chi connectivity index (χ3n) is 4.62. The molecule has 2 N–H and O–H groups in total. The first-order valence-electron chi connectivity index (χ1n) is 8.41. The molecule has 0 spiro atoms. The van der Waals surface area contributed by atoms with Gasteiger partial charge in [0.05, 0.1) is 6.54 Å². The number of amides is 1. The molecule has 2 atom stereocenters. The van der Waals surface area contributed by atoms with E-state index in [1.54, 1.807) is 0 Å². The smallest absolute Gasteiger partial charge is 0.234 e. The van der Waals surface area contributed by atoms with Gasteiger partial charge in [0, 0.05) is 18.6 Å². The molecule has 0 aromatic heterocycles. The quantitative estimate of drug-likeness (QED) is 0.780. The monoisotopic (exact) mass is 281 g/mol. The Balaban J connectivity index is 1.77. The van der Waals surface area contributed by atoms with E-state index in [9.17, 15) is 4.79 Å². The maximum Gasteiger partial charge on any atom is 0.234 e. The molecule has 20 heavy (non-hydrogen) atoms. The lowest BCUT2D eigenvalue weighted by Gasteiger charge is -2.38. The van der Waals surface area contributed by atoms with Gasteiger partial charge in [-0.05, 0) is 51.1 Å². The Hall–Kier alpha value is -0.610. The molecule has 2 saturated heterocycles. The molecule has 4 nitrogen and oxygen atoms in total. The lowest BCUT2D eigenvalue weighted by atomic mass is 9.94. The maximum atomic E-state index is 12.1. The maximum absolute atomic E-state index is 12.1. The van der Waals surface area contributed by atoms with Crippen molar-refractivity contribution in [2.75, 3.05) is 26.2 Å². The molecule has 2 fully saturated rings. The highest BCUT2D eigenvalue weighted by Crippen LogP contribution is 2.23. The van der Waals surface area contributed by atoms with Gasteiger partial charge in [0.1, 0.15) is 0 Å². The summed E-state index contributed by atoms with van der Waals surface area (Å²) in [6.07, 6.45) is 7.43. The first kappa shape index (κ1) is 15.8. The van der Waals surface area contributed by atoms with Gasteiger partial charge in [0.15, 0.2) is 0 Å². The van der Waals surface area contributed by atoms with Crippen LogP contribution in [0.2, 0.25) is 0 Å². The van der Waals surface area contributed by atoms with Gasteiger partial charge in [-0.2, -0.15) is 0 Å². The Kier molecular flexibility index (Phi) is 6.30. The number of carbonyl (C=O) groups is 1. The van der Waals surface area contributed by atoms with Crippen LogP contribution in [0.4, 0.5) is 0 Å². The molecule has 1 amide bonds. The van der Waals surface area contributed by atoms with E-state index in [1.807, 2.05) is 0 Å². The Morgan fingerprint density at radius 3 is 2.85 bits per heavy atom. The van der Waals surface area contributed by atoms with Gasteiger partial charge in [-0.25, -0.2) is 0 Å². The summed E-state index contributed by atoms with van der Waals surface area (Å²) in [7, 11) is 0. The van der Waals surface area contributed by atoms with Crippen molar-refractivity contribution in [3.63, 3.8) is 0 Å². The fourth-order valence-corrected chi connectivity index (χ4v) is 3.45. The van der Waals surface area contributed by atoms with Crippen molar-refractivity contribution in [1.29, 1.82) is 0 Å². The number of piperidine rings is 1. The van der Waals surface area contributed by atoms with Crippen molar-refractivity contribution in [2.45, 2.75) is 64.5 Å². The van der Waals surface area contributed by atoms with E-state index >= 15 is 0 Å². The van der Waals surface area contributed by atoms with E-state index in [0.717, 1.165) is 26.1 Å². The minimum atomic E-state index is 0.204. The summed E-state index contributed by atoms with van der Waals surface area (Å²) in [4.78, 5) is 14.5. The molecule has 4 heteroatoms. The molecular weight excluding hydrogens is 250 g/mol. The van der Waals surface area contributed by atoms with Gasteiger partial charge in [0.2, 0.25) is 5.91 Å². The summed E-state index contributed by atoms with van der Waals surface area (Å²) >= 11 is 0. The molecule has 0 bridgehead atoms. The van der Waals surface area contributed by atoms with Crippen molar-refractivity contribution >= 4 is 5.91 Å². The van der Waals surface area contributed by atoms with Crippen LogP contribution in [0.5, 0.6) is 0 Å². The standard InChI is InChI=1S/C16H31N3O/c1-13(2)8-10-18-16(20)12-19-11-4-3-7-15(19)14-6-5-9-17-14/h13-15,17H,3-12H2,1-2H3,(H,18,20). The molecule has 2 aliphatic rings. The second kappa shape index (κ2) is 7.99. The third kappa shape index (κ3) is 4.74. The van der Waals surface area contributed by atoms with Gasteiger partial charge < -0.3 is 10.6 Å². The number of carbonyl (C=O) groups excluding carboxylic acids is 1. The van der Waals surface area contributed by atoms with Crippen molar-refractivity contribution in [3.8, 4) is 0 Å². The second-order valence-corrected chi connectivity index (χ2v) is 6.77.